The summed E-state index contributed by atoms with van der Waals surface area (Å²) in [6.45, 7) is 2.50. The van der Waals surface area contributed by atoms with Crippen LogP contribution in [0.2, 0.25) is 0 Å². The van der Waals surface area contributed by atoms with Crippen molar-refractivity contribution in [2.24, 2.45) is 0 Å². The first-order valence-electron chi connectivity index (χ1n) is 13.2. The van der Waals surface area contributed by atoms with Gasteiger partial charge in [-0.1, -0.05) is 70.6 Å². The number of esters is 2. The molecule has 0 aliphatic heterocycles. The summed E-state index contributed by atoms with van der Waals surface area (Å²) < 4.78 is 25.0. The van der Waals surface area contributed by atoms with Gasteiger partial charge in [-0.15, -0.1) is 0 Å². The zero-order chi connectivity index (χ0) is 30.4. The molecule has 0 heterocycles. The van der Waals surface area contributed by atoms with Crippen LogP contribution in [-0.4, -0.2) is 31.3 Å². The Labute approximate surface area is 301 Å². The largest absolute Gasteiger partial charge is 1.00 e. The third kappa shape index (κ3) is 36.1. The van der Waals surface area contributed by atoms with E-state index in [-0.39, 0.29) is 65.5 Å². The minimum atomic E-state index is -5.32. The topological polar surface area (TPSA) is 125 Å². The molecule has 0 aliphatic rings. The van der Waals surface area contributed by atoms with Crippen molar-refractivity contribution in [3.05, 3.63) is 0 Å². The van der Waals surface area contributed by atoms with E-state index in [1.165, 1.54) is 38.5 Å². The van der Waals surface area contributed by atoms with Crippen molar-refractivity contribution in [3.8, 4) is 82.9 Å². The van der Waals surface area contributed by atoms with E-state index in [9.17, 15) is 23.9 Å². The average molecular weight is 623 g/mol. The van der Waals surface area contributed by atoms with Crippen LogP contribution in [-0.2, 0) is 28.2 Å². The summed E-state index contributed by atoms with van der Waals surface area (Å²) >= 11 is 0. The van der Waals surface area contributed by atoms with Crippen molar-refractivity contribution in [2.75, 3.05) is 13.2 Å². The molecule has 0 saturated heterocycles. The summed E-state index contributed by atoms with van der Waals surface area (Å²) in [4.78, 5) is 45.5. The first-order valence-corrected chi connectivity index (χ1v) is 14.7. The van der Waals surface area contributed by atoms with Crippen molar-refractivity contribution < 1.29 is 97.1 Å². The van der Waals surface area contributed by atoms with Gasteiger partial charge in [0, 0.05) is 12.3 Å². The molecule has 0 amide bonds. The molecule has 8 nitrogen and oxygen atoms in total. The van der Waals surface area contributed by atoms with Gasteiger partial charge >= 0.3 is 71.1 Å². The predicted octanol–water partition coefficient (Wildman–Crippen LogP) is -3.35. The number of phosphoric ester groups is 1. The average Bonchev–Trinajstić information content (AvgIpc) is 2.93. The van der Waals surface area contributed by atoms with E-state index in [4.69, 9.17) is 9.47 Å². The second-order valence-corrected chi connectivity index (χ2v) is 9.41. The van der Waals surface area contributed by atoms with Crippen molar-refractivity contribution in [2.45, 2.75) is 90.6 Å². The Balaban J connectivity index is -0.00000800. The van der Waals surface area contributed by atoms with Gasteiger partial charge in [0.05, 0.1) is 14.4 Å². The fourth-order valence-electron chi connectivity index (χ4n) is 2.95. The quantitative estimate of drug-likeness (QED) is 0.0412. The number of phosphoric acid groups is 1. The van der Waals surface area contributed by atoms with E-state index in [2.05, 4.69) is 94.3 Å². The molecule has 216 valence electrons. The summed E-state index contributed by atoms with van der Waals surface area (Å²) in [5, 5.41) is 0. The summed E-state index contributed by atoms with van der Waals surface area (Å²) in [6.07, 6.45) is 9.76. The standard InChI is InChI=1S/C32H35O8P.2Na/c1-3-5-7-9-11-13-15-16-17-19-20-22-24-26-31(33)38-28-30(29-39-41(35,36)37)40-32(34)27-25-23-21-18-14-12-10-8-6-4-2;;/h30H,4,6,8,10,12,14,18,21,23,25,27-29H2,1-2H3,(H2,35,36,37);;/q;2*+1/p-2/t30-;;/m1../s1. The van der Waals surface area contributed by atoms with Crippen molar-refractivity contribution >= 4 is 19.8 Å². The number of hydrogen-bond donors (Lipinski definition) is 0. The maximum Gasteiger partial charge on any atom is 1.00 e. The third-order valence-electron chi connectivity index (χ3n) is 4.83. The van der Waals surface area contributed by atoms with Crippen LogP contribution in [0.15, 0.2) is 0 Å². The Bertz CT molecular complexity index is 1320. The molecule has 0 aliphatic carbocycles. The fraction of sp³-hybridized carbons (Fsp3) is 0.500. The molecule has 43 heavy (non-hydrogen) atoms. The zero-order valence-electron chi connectivity index (χ0n) is 25.5. The van der Waals surface area contributed by atoms with Gasteiger partial charge in [0.15, 0.2) is 6.10 Å². The van der Waals surface area contributed by atoms with Gasteiger partial charge in [0.25, 0.3) is 0 Å². The second kappa shape index (κ2) is 32.9. The molecule has 0 fully saturated rings. The Kier molecular flexibility index (Phi) is 34.7. The number of unbranched alkanes of at least 4 members (excludes halogenated alkanes) is 9. The van der Waals surface area contributed by atoms with Gasteiger partial charge in [-0.2, -0.15) is 0 Å². The van der Waals surface area contributed by atoms with E-state index < -0.39 is 39.1 Å². The van der Waals surface area contributed by atoms with Crippen molar-refractivity contribution in [3.63, 3.8) is 0 Å². The van der Waals surface area contributed by atoms with Gasteiger partial charge in [-0.3, -0.25) is 4.79 Å². The van der Waals surface area contributed by atoms with Crippen LogP contribution in [0, 0.1) is 82.9 Å². The first kappa shape index (κ1) is 45.4. The first-order chi connectivity index (χ1) is 19.8. The van der Waals surface area contributed by atoms with Crippen LogP contribution in [0.3, 0.4) is 0 Å². The molecule has 0 N–H and O–H groups in total. The van der Waals surface area contributed by atoms with Gasteiger partial charge < -0.3 is 28.3 Å². The number of rotatable bonds is 17. The van der Waals surface area contributed by atoms with Crippen LogP contribution in [0.1, 0.15) is 84.5 Å². The molecule has 0 rings (SSSR count). The van der Waals surface area contributed by atoms with Crippen LogP contribution >= 0.6 is 7.82 Å². The number of ether oxygens (including phenoxy) is 2. The Morgan fingerprint density at radius 3 is 1.58 bits per heavy atom. The molecule has 0 saturated carbocycles. The van der Waals surface area contributed by atoms with E-state index in [0.29, 0.717) is 6.42 Å². The van der Waals surface area contributed by atoms with Gasteiger partial charge in [0.1, 0.15) is 6.61 Å². The third-order valence-corrected chi connectivity index (χ3v) is 5.29. The van der Waals surface area contributed by atoms with Crippen molar-refractivity contribution in [1.82, 2.24) is 0 Å². The molecular formula is C32H33Na2O8P. The van der Waals surface area contributed by atoms with Crippen LogP contribution in [0.5, 0.6) is 0 Å². The predicted molar refractivity (Wildman–Crippen MR) is 151 cm³/mol. The maximum absolute atomic E-state index is 12.1. The minimum absolute atomic E-state index is 0. The SMILES string of the molecule is CC#CC#CC#CC#CC#CC#CC#CC(=O)OC[C@H](COP(=O)([O-])[O-])OC(=O)CCCCCCCCCCCC.[Na+].[Na+]. The molecule has 0 aromatic rings. The monoisotopic (exact) mass is 622 g/mol. The zero-order valence-corrected chi connectivity index (χ0v) is 30.4. The van der Waals surface area contributed by atoms with Crippen molar-refractivity contribution in [1.29, 1.82) is 0 Å². The Morgan fingerprint density at radius 1 is 0.674 bits per heavy atom. The van der Waals surface area contributed by atoms with Gasteiger partial charge in [0.2, 0.25) is 0 Å². The fourth-order valence-corrected chi connectivity index (χ4v) is 3.30. The normalized spacial score (nSPS) is 9.21. The van der Waals surface area contributed by atoms with E-state index >= 15 is 0 Å². The summed E-state index contributed by atoms with van der Waals surface area (Å²) in [7, 11) is -5.32. The number of carbonyl (C=O) groups is 2. The molecule has 0 aromatic heterocycles. The summed E-state index contributed by atoms with van der Waals surface area (Å²) in [5.41, 5.74) is 0. The molecule has 0 aromatic carbocycles. The molecule has 0 radical (unpaired) electrons. The molecule has 0 spiro atoms. The maximum atomic E-state index is 12.1. The molecular weight excluding hydrogens is 589 g/mol. The molecule has 0 unspecified atom stereocenters. The summed E-state index contributed by atoms with van der Waals surface area (Å²) in [6, 6.07) is 0. The summed E-state index contributed by atoms with van der Waals surface area (Å²) in [5.74, 6) is 32.0. The molecule has 11 heteroatoms. The van der Waals surface area contributed by atoms with E-state index in [0.717, 1.165) is 19.3 Å². The van der Waals surface area contributed by atoms with E-state index in [1.807, 2.05) is 0 Å². The molecule has 1 atom stereocenters. The Hall–Kier alpha value is -2.03. The number of carbonyl (C=O) groups excluding carboxylic acids is 2. The van der Waals surface area contributed by atoms with Gasteiger partial charge in [-0.05, 0) is 84.4 Å². The number of hydrogen-bond acceptors (Lipinski definition) is 8. The van der Waals surface area contributed by atoms with Crippen LogP contribution < -0.4 is 68.9 Å². The second-order valence-electron chi connectivity index (χ2n) is 8.26. The van der Waals surface area contributed by atoms with E-state index in [1.54, 1.807) is 6.92 Å². The van der Waals surface area contributed by atoms with Gasteiger partial charge in [-0.25, -0.2) is 4.79 Å². The minimum Gasteiger partial charge on any atom is -0.790 e. The van der Waals surface area contributed by atoms with Crippen LogP contribution in [0.4, 0.5) is 0 Å². The Morgan fingerprint density at radius 2 is 1.12 bits per heavy atom. The smallest absolute Gasteiger partial charge is 0.790 e. The molecule has 0 bridgehead atoms. The van der Waals surface area contributed by atoms with Crippen LogP contribution in [0.25, 0.3) is 0 Å².